The third-order valence-electron chi connectivity index (χ3n) is 4.14. The SMILES string of the molecule is O=S(=O)(c1ccccc1)c1nc(C=Cc2ccccc2)oc1NCc1ccco1. The van der Waals surface area contributed by atoms with Crippen LogP contribution >= 0.6 is 0 Å². The Labute approximate surface area is 168 Å². The summed E-state index contributed by atoms with van der Waals surface area (Å²) in [6, 6.07) is 21.3. The van der Waals surface area contributed by atoms with Crippen LogP contribution in [0.2, 0.25) is 0 Å². The van der Waals surface area contributed by atoms with E-state index in [9.17, 15) is 8.42 Å². The average molecular weight is 406 g/mol. The van der Waals surface area contributed by atoms with Gasteiger partial charge in [0.15, 0.2) is 0 Å². The molecule has 29 heavy (non-hydrogen) atoms. The van der Waals surface area contributed by atoms with Crippen molar-refractivity contribution in [2.75, 3.05) is 5.32 Å². The number of furan rings is 1. The molecule has 0 unspecified atom stereocenters. The molecular formula is C22H18N2O4S. The Morgan fingerprint density at radius 1 is 0.897 bits per heavy atom. The van der Waals surface area contributed by atoms with Gasteiger partial charge in [-0.05, 0) is 35.9 Å². The van der Waals surface area contributed by atoms with Gasteiger partial charge in [0, 0.05) is 6.08 Å². The Kier molecular flexibility index (Phi) is 5.31. The van der Waals surface area contributed by atoms with E-state index in [1.54, 1.807) is 48.7 Å². The Balaban J connectivity index is 1.69. The summed E-state index contributed by atoms with van der Waals surface area (Å²) in [6.07, 6.45) is 4.99. The molecule has 0 aliphatic carbocycles. The summed E-state index contributed by atoms with van der Waals surface area (Å²) in [6.45, 7) is 0.265. The van der Waals surface area contributed by atoms with Crippen LogP contribution in [0.1, 0.15) is 17.2 Å². The summed E-state index contributed by atoms with van der Waals surface area (Å²) >= 11 is 0. The van der Waals surface area contributed by atoms with Gasteiger partial charge in [0.05, 0.1) is 17.7 Å². The first-order valence-corrected chi connectivity index (χ1v) is 10.4. The van der Waals surface area contributed by atoms with Crippen LogP contribution in [-0.2, 0) is 16.4 Å². The van der Waals surface area contributed by atoms with Crippen molar-refractivity contribution in [2.45, 2.75) is 16.5 Å². The summed E-state index contributed by atoms with van der Waals surface area (Å²) in [4.78, 5) is 4.38. The normalized spacial score (nSPS) is 11.7. The van der Waals surface area contributed by atoms with E-state index in [-0.39, 0.29) is 28.2 Å². The van der Waals surface area contributed by atoms with E-state index in [1.165, 1.54) is 12.1 Å². The van der Waals surface area contributed by atoms with E-state index >= 15 is 0 Å². The van der Waals surface area contributed by atoms with Gasteiger partial charge in [-0.3, -0.25) is 0 Å². The number of sulfone groups is 1. The summed E-state index contributed by atoms with van der Waals surface area (Å²) in [5, 5.41) is 2.81. The van der Waals surface area contributed by atoms with Crippen molar-refractivity contribution < 1.29 is 17.3 Å². The van der Waals surface area contributed by atoms with Crippen molar-refractivity contribution in [3.8, 4) is 0 Å². The minimum atomic E-state index is -3.85. The lowest BCUT2D eigenvalue weighted by Gasteiger charge is -2.04. The van der Waals surface area contributed by atoms with Gasteiger partial charge in [0.2, 0.25) is 26.6 Å². The predicted octanol–water partition coefficient (Wildman–Crippen LogP) is 4.88. The van der Waals surface area contributed by atoms with E-state index in [2.05, 4.69) is 10.3 Å². The second-order valence-electron chi connectivity index (χ2n) is 6.18. The van der Waals surface area contributed by atoms with Crippen LogP contribution in [0.15, 0.2) is 97.8 Å². The molecule has 2 heterocycles. The number of benzene rings is 2. The predicted molar refractivity (Wildman–Crippen MR) is 110 cm³/mol. The van der Waals surface area contributed by atoms with Gasteiger partial charge in [0.1, 0.15) is 5.76 Å². The number of nitrogens with one attached hydrogen (secondary N) is 1. The van der Waals surface area contributed by atoms with Crippen LogP contribution in [0.4, 0.5) is 5.88 Å². The molecule has 0 aliphatic heterocycles. The molecule has 0 bridgehead atoms. The molecule has 7 heteroatoms. The zero-order valence-electron chi connectivity index (χ0n) is 15.4. The molecule has 6 nitrogen and oxygen atoms in total. The molecule has 1 N–H and O–H groups in total. The summed E-state index contributed by atoms with van der Waals surface area (Å²) in [5.74, 6) is 0.897. The molecule has 0 spiro atoms. The number of nitrogens with zero attached hydrogens (tertiary/aromatic N) is 1. The van der Waals surface area contributed by atoms with E-state index in [0.29, 0.717) is 5.76 Å². The number of aromatic nitrogens is 1. The fourth-order valence-electron chi connectivity index (χ4n) is 2.71. The van der Waals surface area contributed by atoms with E-state index < -0.39 is 9.84 Å². The molecule has 146 valence electrons. The molecule has 0 saturated carbocycles. The van der Waals surface area contributed by atoms with Crippen LogP contribution in [0.25, 0.3) is 12.2 Å². The number of rotatable bonds is 7. The van der Waals surface area contributed by atoms with Crippen LogP contribution in [0.3, 0.4) is 0 Å². The van der Waals surface area contributed by atoms with Crippen LogP contribution in [0.5, 0.6) is 0 Å². The number of oxazole rings is 1. The lowest BCUT2D eigenvalue weighted by atomic mass is 10.2. The molecule has 2 aromatic carbocycles. The second kappa shape index (κ2) is 8.20. The van der Waals surface area contributed by atoms with Crippen molar-refractivity contribution in [3.05, 3.63) is 96.3 Å². The van der Waals surface area contributed by atoms with Crippen LogP contribution in [-0.4, -0.2) is 13.4 Å². The highest BCUT2D eigenvalue weighted by molar-refractivity contribution is 7.91. The zero-order valence-corrected chi connectivity index (χ0v) is 16.2. The number of anilines is 1. The molecule has 0 saturated heterocycles. The monoisotopic (exact) mass is 406 g/mol. The molecule has 0 radical (unpaired) electrons. The van der Waals surface area contributed by atoms with Crippen molar-refractivity contribution in [2.24, 2.45) is 0 Å². The number of hydrogen-bond acceptors (Lipinski definition) is 6. The lowest BCUT2D eigenvalue weighted by Crippen LogP contribution is -2.07. The zero-order chi connectivity index (χ0) is 20.1. The topological polar surface area (TPSA) is 85.3 Å². The third-order valence-corrected chi connectivity index (χ3v) is 5.82. The molecule has 4 rings (SSSR count). The largest absolute Gasteiger partial charge is 0.467 e. The fraction of sp³-hybridized carbons (Fsp3) is 0.0455. The number of hydrogen-bond donors (Lipinski definition) is 1. The maximum absolute atomic E-state index is 13.1. The molecular weight excluding hydrogens is 388 g/mol. The van der Waals surface area contributed by atoms with Crippen LogP contribution < -0.4 is 5.32 Å². The summed E-state index contributed by atoms with van der Waals surface area (Å²) in [5.41, 5.74) is 0.947. The highest BCUT2D eigenvalue weighted by atomic mass is 32.2. The first-order chi connectivity index (χ1) is 14.1. The van der Waals surface area contributed by atoms with Gasteiger partial charge in [-0.1, -0.05) is 48.5 Å². The Morgan fingerprint density at radius 3 is 2.31 bits per heavy atom. The summed E-state index contributed by atoms with van der Waals surface area (Å²) in [7, 11) is -3.85. The minimum absolute atomic E-state index is 0.0676. The Hall–Kier alpha value is -3.58. The van der Waals surface area contributed by atoms with Gasteiger partial charge in [-0.2, -0.15) is 4.98 Å². The molecule has 0 atom stereocenters. The van der Waals surface area contributed by atoms with Gasteiger partial charge < -0.3 is 14.2 Å². The first kappa shape index (κ1) is 18.8. The smallest absolute Gasteiger partial charge is 0.234 e. The third kappa shape index (κ3) is 4.30. The van der Waals surface area contributed by atoms with E-state index in [1.807, 2.05) is 30.3 Å². The van der Waals surface area contributed by atoms with Gasteiger partial charge in [0.25, 0.3) is 0 Å². The Bertz CT molecular complexity index is 1200. The molecule has 4 aromatic rings. The Morgan fingerprint density at radius 2 is 1.62 bits per heavy atom. The van der Waals surface area contributed by atoms with Crippen LogP contribution in [0, 0.1) is 0 Å². The quantitative estimate of drug-likeness (QED) is 0.471. The van der Waals surface area contributed by atoms with Gasteiger partial charge >= 0.3 is 0 Å². The maximum Gasteiger partial charge on any atom is 0.234 e. The van der Waals surface area contributed by atoms with Gasteiger partial charge in [-0.15, -0.1) is 0 Å². The molecule has 0 aliphatic rings. The highest BCUT2D eigenvalue weighted by Gasteiger charge is 2.27. The molecule has 2 aromatic heterocycles. The lowest BCUT2D eigenvalue weighted by molar-refractivity contribution is 0.508. The average Bonchev–Trinajstić information content (AvgIpc) is 3.42. The first-order valence-electron chi connectivity index (χ1n) is 8.93. The summed E-state index contributed by atoms with van der Waals surface area (Å²) < 4.78 is 37.2. The second-order valence-corrected chi connectivity index (χ2v) is 8.04. The highest BCUT2D eigenvalue weighted by Crippen LogP contribution is 2.29. The van der Waals surface area contributed by atoms with E-state index in [0.717, 1.165) is 5.56 Å². The minimum Gasteiger partial charge on any atom is -0.467 e. The molecule has 0 amide bonds. The van der Waals surface area contributed by atoms with Crippen molar-refractivity contribution in [1.29, 1.82) is 0 Å². The maximum atomic E-state index is 13.1. The van der Waals surface area contributed by atoms with Crippen molar-refractivity contribution in [3.63, 3.8) is 0 Å². The van der Waals surface area contributed by atoms with Gasteiger partial charge in [-0.25, -0.2) is 8.42 Å². The van der Waals surface area contributed by atoms with Crippen molar-refractivity contribution in [1.82, 2.24) is 4.98 Å². The molecule has 0 fully saturated rings. The van der Waals surface area contributed by atoms with E-state index in [4.69, 9.17) is 8.83 Å². The fourth-order valence-corrected chi connectivity index (χ4v) is 4.02. The van der Waals surface area contributed by atoms with Crippen molar-refractivity contribution >= 4 is 27.9 Å². The standard InChI is InChI=1S/C22H18N2O4S/c25-29(26,19-11-5-2-6-12-19)22-21(23-16-18-10-7-15-27-18)28-20(24-22)14-13-17-8-3-1-4-9-17/h1-15,23H,16H2.